The van der Waals surface area contributed by atoms with Gasteiger partial charge in [-0.3, -0.25) is 9.10 Å². The zero-order valence-electron chi connectivity index (χ0n) is 19.6. The van der Waals surface area contributed by atoms with Crippen molar-refractivity contribution in [3.8, 4) is 17.2 Å². The van der Waals surface area contributed by atoms with Crippen LogP contribution in [0.2, 0.25) is 0 Å². The first-order valence-corrected chi connectivity index (χ1v) is 11.9. The van der Waals surface area contributed by atoms with Crippen LogP contribution in [0.4, 0.5) is 5.69 Å². The third-order valence-electron chi connectivity index (χ3n) is 5.22. The van der Waals surface area contributed by atoms with E-state index in [0.29, 0.717) is 11.5 Å². The summed E-state index contributed by atoms with van der Waals surface area (Å²) in [5.41, 5.74) is 1.91. The fraction of sp³-hybridized carbons (Fsp3) is 0.240. The van der Waals surface area contributed by atoms with E-state index >= 15 is 0 Å². The lowest BCUT2D eigenvalue weighted by atomic mass is 10.2. The number of anilines is 1. The average molecular weight is 485 g/mol. The van der Waals surface area contributed by atoms with E-state index < -0.39 is 22.5 Å². The van der Waals surface area contributed by atoms with Crippen LogP contribution >= 0.6 is 0 Å². The second kappa shape index (κ2) is 10.9. The Labute approximate surface area is 200 Å². The SMILES string of the molecule is COc1ccc(N(CC(=O)NCc2ccccc2OC)S(=O)(=O)c2ccc(C)cc2)c(OC)c1. The minimum Gasteiger partial charge on any atom is -0.497 e. The van der Waals surface area contributed by atoms with Gasteiger partial charge < -0.3 is 19.5 Å². The summed E-state index contributed by atoms with van der Waals surface area (Å²) in [6.07, 6.45) is 0. The number of nitrogens with one attached hydrogen (secondary N) is 1. The molecule has 1 N–H and O–H groups in total. The molecule has 3 aromatic carbocycles. The number of methoxy groups -OCH3 is 3. The first-order chi connectivity index (χ1) is 16.3. The molecule has 0 unspecified atom stereocenters. The van der Waals surface area contributed by atoms with Gasteiger partial charge in [-0.05, 0) is 37.3 Å². The predicted octanol–water partition coefficient (Wildman–Crippen LogP) is 3.53. The molecule has 0 radical (unpaired) electrons. The summed E-state index contributed by atoms with van der Waals surface area (Å²) in [4.78, 5) is 13.0. The number of amides is 1. The monoisotopic (exact) mass is 484 g/mol. The summed E-state index contributed by atoms with van der Waals surface area (Å²) < 4.78 is 44.2. The molecule has 0 aliphatic heterocycles. The Morgan fingerprint density at radius 3 is 2.21 bits per heavy atom. The molecule has 3 aromatic rings. The number of benzene rings is 3. The zero-order chi connectivity index (χ0) is 24.7. The highest BCUT2D eigenvalue weighted by molar-refractivity contribution is 7.92. The van der Waals surface area contributed by atoms with Crippen molar-refractivity contribution in [3.05, 3.63) is 77.9 Å². The highest BCUT2D eigenvalue weighted by atomic mass is 32.2. The molecule has 0 spiro atoms. The molecule has 1 amide bonds. The number of sulfonamides is 1. The fourth-order valence-corrected chi connectivity index (χ4v) is 4.79. The van der Waals surface area contributed by atoms with Crippen molar-refractivity contribution in [1.82, 2.24) is 5.32 Å². The zero-order valence-corrected chi connectivity index (χ0v) is 20.4. The van der Waals surface area contributed by atoms with Gasteiger partial charge in [0.1, 0.15) is 23.8 Å². The summed E-state index contributed by atoms with van der Waals surface area (Å²) in [6, 6.07) is 18.5. The van der Waals surface area contributed by atoms with Gasteiger partial charge in [0.15, 0.2) is 0 Å². The number of aryl methyl sites for hydroxylation is 1. The third-order valence-corrected chi connectivity index (χ3v) is 6.99. The molecule has 0 bridgehead atoms. The van der Waals surface area contributed by atoms with E-state index in [1.807, 2.05) is 25.1 Å². The molecular formula is C25H28N2O6S. The van der Waals surface area contributed by atoms with Gasteiger partial charge in [0.25, 0.3) is 10.0 Å². The lowest BCUT2D eigenvalue weighted by Gasteiger charge is -2.26. The van der Waals surface area contributed by atoms with E-state index in [9.17, 15) is 13.2 Å². The van der Waals surface area contributed by atoms with Gasteiger partial charge >= 0.3 is 0 Å². The topological polar surface area (TPSA) is 94.2 Å². The van der Waals surface area contributed by atoms with Crippen LogP contribution in [-0.4, -0.2) is 42.2 Å². The smallest absolute Gasteiger partial charge is 0.264 e. The Kier molecular flexibility index (Phi) is 8.01. The van der Waals surface area contributed by atoms with Gasteiger partial charge in [0, 0.05) is 18.2 Å². The Balaban J connectivity index is 1.95. The van der Waals surface area contributed by atoms with Crippen LogP contribution in [0.25, 0.3) is 0 Å². The van der Waals surface area contributed by atoms with E-state index in [4.69, 9.17) is 14.2 Å². The summed E-state index contributed by atoms with van der Waals surface area (Å²) in [6.45, 7) is 1.60. The van der Waals surface area contributed by atoms with Crippen molar-refractivity contribution in [2.24, 2.45) is 0 Å². The van der Waals surface area contributed by atoms with Crippen LogP contribution in [0.1, 0.15) is 11.1 Å². The first kappa shape index (κ1) is 24.9. The summed E-state index contributed by atoms with van der Waals surface area (Å²) >= 11 is 0. The number of hydrogen-bond acceptors (Lipinski definition) is 6. The molecular weight excluding hydrogens is 456 g/mol. The molecule has 0 aliphatic carbocycles. The van der Waals surface area contributed by atoms with Gasteiger partial charge in [0.2, 0.25) is 5.91 Å². The minimum atomic E-state index is -4.09. The molecule has 0 saturated heterocycles. The normalized spacial score (nSPS) is 10.9. The molecule has 0 aromatic heterocycles. The molecule has 180 valence electrons. The number of rotatable bonds is 10. The highest BCUT2D eigenvalue weighted by Crippen LogP contribution is 2.35. The van der Waals surface area contributed by atoms with Gasteiger partial charge in [-0.15, -0.1) is 0 Å². The number of carbonyl (C=O) groups is 1. The molecule has 0 saturated carbocycles. The standard InChI is InChI=1S/C25H28N2O6S/c1-18-9-12-21(13-10-18)34(29,30)27(22-14-11-20(31-2)15-24(22)33-4)17-25(28)26-16-19-7-5-6-8-23(19)32-3/h5-15H,16-17H2,1-4H3,(H,26,28). The van der Waals surface area contributed by atoms with Gasteiger partial charge in [-0.1, -0.05) is 35.9 Å². The number of nitrogens with zero attached hydrogens (tertiary/aromatic N) is 1. The lowest BCUT2D eigenvalue weighted by Crippen LogP contribution is -2.40. The van der Waals surface area contributed by atoms with Gasteiger partial charge in [0.05, 0.1) is 31.9 Å². The number of hydrogen-bond donors (Lipinski definition) is 1. The van der Waals surface area contributed by atoms with Crippen molar-refractivity contribution in [3.63, 3.8) is 0 Å². The molecule has 9 heteroatoms. The second-order valence-electron chi connectivity index (χ2n) is 7.45. The largest absolute Gasteiger partial charge is 0.497 e. The molecule has 34 heavy (non-hydrogen) atoms. The Morgan fingerprint density at radius 1 is 0.882 bits per heavy atom. The van der Waals surface area contributed by atoms with Crippen molar-refractivity contribution < 1.29 is 27.4 Å². The molecule has 8 nitrogen and oxygen atoms in total. The van der Waals surface area contributed by atoms with Crippen molar-refractivity contribution >= 4 is 21.6 Å². The second-order valence-corrected chi connectivity index (χ2v) is 9.31. The molecule has 0 fully saturated rings. The summed E-state index contributed by atoms with van der Waals surface area (Å²) in [7, 11) is 0.389. The molecule has 0 aliphatic rings. The Morgan fingerprint density at radius 2 is 1.56 bits per heavy atom. The molecule has 3 rings (SSSR count). The van der Waals surface area contributed by atoms with E-state index in [-0.39, 0.29) is 22.9 Å². The van der Waals surface area contributed by atoms with E-state index in [0.717, 1.165) is 15.4 Å². The number of carbonyl (C=O) groups excluding carboxylic acids is 1. The van der Waals surface area contributed by atoms with Crippen LogP contribution in [-0.2, 0) is 21.4 Å². The van der Waals surface area contributed by atoms with E-state index in [2.05, 4.69) is 5.32 Å². The van der Waals surface area contributed by atoms with Crippen molar-refractivity contribution in [2.75, 3.05) is 32.2 Å². The first-order valence-electron chi connectivity index (χ1n) is 10.5. The molecule has 0 heterocycles. The molecule has 0 atom stereocenters. The Bertz CT molecular complexity index is 1240. The van der Waals surface area contributed by atoms with Gasteiger partial charge in [-0.2, -0.15) is 0 Å². The van der Waals surface area contributed by atoms with Crippen molar-refractivity contribution in [2.45, 2.75) is 18.4 Å². The highest BCUT2D eigenvalue weighted by Gasteiger charge is 2.29. The number of para-hydroxylation sites is 1. The summed E-state index contributed by atoms with van der Waals surface area (Å²) in [5.74, 6) is 0.893. The van der Waals surface area contributed by atoms with Crippen LogP contribution in [0.3, 0.4) is 0 Å². The van der Waals surface area contributed by atoms with Crippen LogP contribution in [0, 0.1) is 6.92 Å². The maximum Gasteiger partial charge on any atom is 0.264 e. The predicted molar refractivity (Wildman–Crippen MR) is 130 cm³/mol. The van der Waals surface area contributed by atoms with E-state index in [1.54, 1.807) is 43.5 Å². The van der Waals surface area contributed by atoms with Crippen molar-refractivity contribution in [1.29, 1.82) is 0 Å². The Hall–Kier alpha value is -3.72. The van der Waals surface area contributed by atoms with Crippen LogP contribution in [0.15, 0.2) is 71.6 Å². The maximum absolute atomic E-state index is 13.6. The summed E-state index contributed by atoms with van der Waals surface area (Å²) in [5, 5.41) is 2.78. The van der Waals surface area contributed by atoms with Crippen LogP contribution < -0.4 is 23.8 Å². The van der Waals surface area contributed by atoms with E-state index in [1.165, 1.54) is 26.4 Å². The maximum atomic E-state index is 13.6. The fourth-order valence-electron chi connectivity index (χ4n) is 3.36. The van der Waals surface area contributed by atoms with Gasteiger partial charge in [-0.25, -0.2) is 8.42 Å². The lowest BCUT2D eigenvalue weighted by molar-refractivity contribution is -0.119. The third kappa shape index (κ3) is 5.60. The average Bonchev–Trinajstić information content (AvgIpc) is 2.86. The quantitative estimate of drug-likeness (QED) is 0.473. The van der Waals surface area contributed by atoms with Crippen LogP contribution in [0.5, 0.6) is 17.2 Å². The number of ether oxygens (including phenoxy) is 3. The minimum absolute atomic E-state index is 0.0634.